The highest BCUT2D eigenvalue weighted by atomic mass is 35.5. The van der Waals surface area contributed by atoms with Crippen LogP contribution in [-0.2, 0) is 14.3 Å². The highest BCUT2D eigenvalue weighted by Crippen LogP contribution is 2.50. The van der Waals surface area contributed by atoms with E-state index >= 15 is 0 Å². The van der Waals surface area contributed by atoms with Crippen LogP contribution in [0.1, 0.15) is 35.7 Å². The minimum absolute atomic E-state index is 0.134. The van der Waals surface area contributed by atoms with E-state index in [2.05, 4.69) is 0 Å². The van der Waals surface area contributed by atoms with E-state index < -0.39 is 17.9 Å². The number of halogens is 1. The molecule has 34 heavy (non-hydrogen) atoms. The van der Waals surface area contributed by atoms with Gasteiger partial charge < -0.3 is 9.64 Å². The fourth-order valence-electron chi connectivity index (χ4n) is 6.15. The summed E-state index contributed by atoms with van der Waals surface area (Å²) in [5.41, 5.74) is 3.29. The lowest BCUT2D eigenvalue weighted by Gasteiger charge is -2.38. The topological polar surface area (TPSA) is 66.9 Å². The molecule has 0 unspecified atom stereocenters. The first kappa shape index (κ1) is 21.6. The Morgan fingerprint density at radius 2 is 1.79 bits per heavy atom. The normalized spacial score (nSPS) is 29.7. The number of allylic oxidation sites excluding steroid dienone is 1. The van der Waals surface area contributed by atoms with Crippen LogP contribution in [0.15, 0.2) is 54.6 Å². The number of nitrogens with zero attached hydrogens (tertiary/aromatic N) is 2. The smallest absolute Gasteiger partial charge is 0.235 e. The number of amides is 2. The van der Waals surface area contributed by atoms with Crippen molar-refractivity contribution < 1.29 is 19.1 Å². The zero-order valence-electron chi connectivity index (χ0n) is 18.8. The van der Waals surface area contributed by atoms with Crippen LogP contribution < -0.4 is 4.90 Å². The number of carbonyl (C=O) groups is 3. The minimum Gasteiger partial charge on any atom is -0.376 e. The molecule has 5 atom stereocenters. The van der Waals surface area contributed by atoms with Gasteiger partial charge in [-0.15, -0.1) is 0 Å². The van der Waals surface area contributed by atoms with E-state index in [1.807, 2.05) is 42.2 Å². The number of hydrogen-bond acceptors (Lipinski definition) is 5. The maximum atomic E-state index is 14.0. The molecule has 6 rings (SSSR count). The van der Waals surface area contributed by atoms with E-state index in [-0.39, 0.29) is 36.3 Å². The van der Waals surface area contributed by atoms with Crippen molar-refractivity contribution in [2.45, 2.75) is 38.0 Å². The summed E-state index contributed by atoms with van der Waals surface area (Å²) in [7, 11) is 0. The van der Waals surface area contributed by atoms with Crippen LogP contribution in [0.5, 0.6) is 0 Å². The van der Waals surface area contributed by atoms with E-state index in [0.717, 1.165) is 29.7 Å². The monoisotopic (exact) mass is 476 g/mol. The number of para-hydroxylation sites is 1. The number of ether oxygens (including phenoxy) is 1. The van der Waals surface area contributed by atoms with Gasteiger partial charge in [0.15, 0.2) is 5.78 Å². The van der Waals surface area contributed by atoms with Crippen LogP contribution in [0.2, 0.25) is 5.02 Å². The third-order valence-corrected chi connectivity index (χ3v) is 7.99. The fourth-order valence-corrected chi connectivity index (χ4v) is 6.38. The number of fused-ring (bicyclic) bond motifs is 5. The zero-order valence-corrected chi connectivity index (χ0v) is 19.6. The van der Waals surface area contributed by atoms with Gasteiger partial charge in [-0.2, -0.15) is 0 Å². The predicted octanol–water partition coefficient (Wildman–Crippen LogP) is 3.98. The lowest BCUT2D eigenvalue weighted by Crippen LogP contribution is -2.50. The molecule has 4 heterocycles. The summed E-state index contributed by atoms with van der Waals surface area (Å²) in [6.45, 7) is 2.92. The molecule has 174 valence electrons. The van der Waals surface area contributed by atoms with Crippen molar-refractivity contribution in [3.63, 3.8) is 0 Å². The van der Waals surface area contributed by atoms with Crippen LogP contribution in [-0.4, -0.2) is 53.8 Å². The molecule has 0 aromatic heterocycles. The van der Waals surface area contributed by atoms with Gasteiger partial charge in [0.25, 0.3) is 0 Å². The maximum absolute atomic E-state index is 14.0. The van der Waals surface area contributed by atoms with Crippen molar-refractivity contribution in [3.8, 4) is 0 Å². The average Bonchev–Trinajstić information content (AvgIpc) is 3.53. The SMILES string of the molecule is CC1=C[C@H]2[C@@H]3C(=O)N(C[C@@H]4CCCO4)C(=O)[C@@H]3[C@@H](C(=O)c3ccccc3Cl)N2c2ccccc21. The molecule has 0 radical (unpaired) electrons. The molecule has 0 spiro atoms. The van der Waals surface area contributed by atoms with Crippen molar-refractivity contribution in [2.75, 3.05) is 18.1 Å². The van der Waals surface area contributed by atoms with Gasteiger partial charge in [-0.05, 0) is 43.5 Å². The van der Waals surface area contributed by atoms with Crippen molar-refractivity contribution >= 4 is 40.5 Å². The predicted molar refractivity (Wildman–Crippen MR) is 129 cm³/mol. The van der Waals surface area contributed by atoms with E-state index in [1.165, 1.54) is 4.90 Å². The number of likely N-dealkylation sites (tertiary alicyclic amines) is 1. The molecule has 3 saturated heterocycles. The van der Waals surface area contributed by atoms with Gasteiger partial charge in [0.2, 0.25) is 11.8 Å². The van der Waals surface area contributed by atoms with Gasteiger partial charge in [0, 0.05) is 23.4 Å². The van der Waals surface area contributed by atoms with Crippen LogP contribution in [0.4, 0.5) is 5.69 Å². The molecular weight excluding hydrogens is 452 g/mol. The van der Waals surface area contributed by atoms with Crippen molar-refractivity contribution in [2.24, 2.45) is 11.8 Å². The number of benzene rings is 2. The summed E-state index contributed by atoms with van der Waals surface area (Å²) < 4.78 is 5.71. The third-order valence-electron chi connectivity index (χ3n) is 7.66. The van der Waals surface area contributed by atoms with Gasteiger partial charge >= 0.3 is 0 Å². The molecule has 7 heteroatoms. The molecule has 6 nitrogen and oxygen atoms in total. The summed E-state index contributed by atoms with van der Waals surface area (Å²) in [5, 5.41) is 0.345. The van der Waals surface area contributed by atoms with E-state index in [1.54, 1.807) is 24.3 Å². The summed E-state index contributed by atoms with van der Waals surface area (Å²) in [6, 6.07) is 13.6. The molecule has 0 saturated carbocycles. The average molecular weight is 477 g/mol. The number of hydrogen-bond donors (Lipinski definition) is 0. The number of imide groups is 1. The Bertz CT molecular complexity index is 1230. The molecule has 2 aromatic rings. The maximum Gasteiger partial charge on any atom is 0.235 e. The molecule has 4 aliphatic rings. The van der Waals surface area contributed by atoms with Crippen LogP contribution in [0.25, 0.3) is 5.57 Å². The van der Waals surface area contributed by atoms with Gasteiger partial charge in [0.1, 0.15) is 6.04 Å². The van der Waals surface area contributed by atoms with E-state index in [4.69, 9.17) is 16.3 Å². The minimum atomic E-state index is -0.814. The second-order valence-corrected chi connectivity index (χ2v) is 9.93. The van der Waals surface area contributed by atoms with Crippen molar-refractivity contribution in [1.82, 2.24) is 4.90 Å². The largest absolute Gasteiger partial charge is 0.376 e. The van der Waals surface area contributed by atoms with E-state index in [0.29, 0.717) is 17.2 Å². The Morgan fingerprint density at radius 3 is 2.56 bits per heavy atom. The van der Waals surface area contributed by atoms with Gasteiger partial charge in [0.05, 0.1) is 35.5 Å². The Balaban J connectivity index is 1.47. The first-order valence-electron chi connectivity index (χ1n) is 11.8. The van der Waals surface area contributed by atoms with Crippen molar-refractivity contribution in [3.05, 3.63) is 70.8 Å². The lowest BCUT2D eigenvalue weighted by atomic mass is 9.85. The summed E-state index contributed by atoms with van der Waals surface area (Å²) in [4.78, 5) is 44.8. The Kier molecular flexibility index (Phi) is 5.12. The highest BCUT2D eigenvalue weighted by molar-refractivity contribution is 6.34. The summed E-state index contributed by atoms with van der Waals surface area (Å²) in [5.74, 6) is -2.11. The second-order valence-electron chi connectivity index (χ2n) is 9.53. The first-order chi connectivity index (χ1) is 16.5. The summed E-state index contributed by atoms with van der Waals surface area (Å²) >= 11 is 6.42. The molecule has 2 aromatic carbocycles. The van der Waals surface area contributed by atoms with Crippen LogP contribution in [0.3, 0.4) is 0 Å². The fraction of sp³-hybridized carbons (Fsp3) is 0.370. The first-order valence-corrected chi connectivity index (χ1v) is 12.2. The second kappa shape index (κ2) is 8.07. The third kappa shape index (κ3) is 3.08. The number of ketones is 1. The number of rotatable bonds is 4. The van der Waals surface area contributed by atoms with Crippen molar-refractivity contribution in [1.29, 1.82) is 0 Å². The molecule has 0 aliphatic carbocycles. The molecule has 0 N–H and O–H groups in total. The molecule has 0 bridgehead atoms. The van der Waals surface area contributed by atoms with Gasteiger partial charge in [-0.25, -0.2) is 0 Å². The Hall–Kier alpha value is -2.96. The number of carbonyl (C=O) groups excluding carboxylic acids is 3. The summed E-state index contributed by atoms with van der Waals surface area (Å²) in [6.07, 6.45) is 3.66. The zero-order chi connectivity index (χ0) is 23.6. The Morgan fingerprint density at radius 1 is 1.06 bits per heavy atom. The Labute approximate surface area is 203 Å². The molecule has 3 fully saturated rings. The van der Waals surface area contributed by atoms with Crippen LogP contribution >= 0.6 is 11.6 Å². The van der Waals surface area contributed by atoms with Crippen LogP contribution in [0, 0.1) is 11.8 Å². The highest BCUT2D eigenvalue weighted by Gasteiger charge is 2.64. The van der Waals surface area contributed by atoms with E-state index in [9.17, 15) is 14.4 Å². The molecule has 4 aliphatic heterocycles. The van der Waals surface area contributed by atoms with Gasteiger partial charge in [-0.3, -0.25) is 19.3 Å². The number of Topliss-reactive ketones (excluding diaryl/α,β-unsaturated/α-hetero) is 1. The quantitative estimate of drug-likeness (QED) is 0.493. The lowest BCUT2D eigenvalue weighted by molar-refractivity contribution is -0.142. The standard InChI is InChI=1S/C27H25ClN2O4/c1-15-13-21-22-23(27(33)29(26(22)32)14-16-7-6-12-34-16)24(25(31)18-9-2-4-10-19(18)28)30(21)20-11-5-3-8-17(15)20/h2-5,8-11,13,16,21-24H,6-7,12,14H2,1H3/t16-,21-,22-,23-,24-/m0/s1. The molecular formula is C27H25ClN2O4. The molecule has 2 amide bonds. The van der Waals surface area contributed by atoms with Gasteiger partial charge in [-0.1, -0.05) is 48.0 Å². The number of anilines is 1.